The highest BCUT2D eigenvalue weighted by atomic mass is 19.1. The molecule has 100 valence electrons. The molecule has 1 heterocycles. The first-order chi connectivity index (χ1) is 9.24. The highest BCUT2D eigenvalue weighted by Crippen LogP contribution is 2.21. The molecule has 0 radical (unpaired) electrons. The summed E-state index contributed by atoms with van der Waals surface area (Å²) in [6.45, 7) is 0.358. The van der Waals surface area contributed by atoms with Crippen LogP contribution in [0.25, 0.3) is 0 Å². The summed E-state index contributed by atoms with van der Waals surface area (Å²) in [5.41, 5.74) is 1.33. The molecule has 0 saturated carbocycles. The lowest BCUT2D eigenvalue weighted by Crippen LogP contribution is -2.03. The minimum atomic E-state index is -0.348. The zero-order valence-corrected chi connectivity index (χ0v) is 10.8. The number of methoxy groups -OCH3 is 2. The summed E-state index contributed by atoms with van der Waals surface area (Å²) in [4.78, 5) is 4.06. The molecular formula is C14H15FN2O2. The number of aromatic nitrogens is 1. The number of hydrogen-bond acceptors (Lipinski definition) is 4. The lowest BCUT2D eigenvalue weighted by Gasteiger charge is -2.09. The van der Waals surface area contributed by atoms with E-state index in [1.165, 1.54) is 7.11 Å². The van der Waals surface area contributed by atoms with E-state index >= 15 is 0 Å². The largest absolute Gasteiger partial charge is 0.494 e. The molecule has 2 aromatic rings. The number of anilines is 1. The normalized spacial score (nSPS) is 10.1. The molecule has 0 aliphatic rings. The topological polar surface area (TPSA) is 43.4 Å². The Kier molecular flexibility index (Phi) is 4.18. The number of nitrogens with zero attached hydrogens (tertiary/aromatic N) is 1. The summed E-state index contributed by atoms with van der Waals surface area (Å²) >= 11 is 0. The highest BCUT2D eigenvalue weighted by Gasteiger charge is 2.07. The molecule has 0 saturated heterocycles. The van der Waals surface area contributed by atoms with Crippen molar-refractivity contribution in [3.63, 3.8) is 0 Å². The molecule has 5 heteroatoms. The standard InChI is InChI=1S/C14H15FN2O2/c1-18-12-5-3-4-10(14(12)15)8-16-11-6-7-13(19-2)17-9-11/h3-7,9,16H,8H2,1-2H3. The van der Waals surface area contributed by atoms with Crippen LogP contribution < -0.4 is 14.8 Å². The van der Waals surface area contributed by atoms with Crippen LogP contribution in [0, 0.1) is 5.82 Å². The average molecular weight is 262 g/mol. The summed E-state index contributed by atoms with van der Waals surface area (Å²) in [5, 5.41) is 3.09. The maximum absolute atomic E-state index is 13.9. The third kappa shape index (κ3) is 3.13. The lowest BCUT2D eigenvalue weighted by molar-refractivity contribution is 0.384. The van der Waals surface area contributed by atoms with Gasteiger partial charge in [-0.3, -0.25) is 0 Å². The second-order valence-corrected chi connectivity index (χ2v) is 3.88. The Balaban J connectivity index is 2.05. The Morgan fingerprint density at radius 2 is 2.00 bits per heavy atom. The first-order valence-electron chi connectivity index (χ1n) is 5.80. The number of hydrogen-bond donors (Lipinski definition) is 1. The maximum Gasteiger partial charge on any atom is 0.213 e. The molecule has 0 unspecified atom stereocenters. The van der Waals surface area contributed by atoms with Gasteiger partial charge in [-0.25, -0.2) is 9.37 Å². The molecule has 0 spiro atoms. The second-order valence-electron chi connectivity index (χ2n) is 3.88. The first kappa shape index (κ1) is 13.1. The fourth-order valence-corrected chi connectivity index (χ4v) is 1.65. The van der Waals surface area contributed by atoms with Gasteiger partial charge in [-0.2, -0.15) is 0 Å². The van der Waals surface area contributed by atoms with Gasteiger partial charge in [-0.1, -0.05) is 12.1 Å². The molecule has 4 nitrogen and oxygen atoms in total. The molecule has 0 amide bonds. The van der Waals surface area contributed by atoms with Crippen molar-refractivity contribution in [3.05, 3.63) is 47.9 Å². The van der Waals surface area contributed by atoms with Crippen molar-refractivity contribution in [2.75, 3.05) is 19.5 Å². The van der Waals surface area contributed by atoms with Crippen LogP contribution in [0.3, 0.4) is 0 Å². The molecule has 0 aliphatic carbocycles. The van der Waals surface area contributed by atoms with Crippen LogP contribution in [0.1, 0.15) is 5.56 Å². The molecule has 1 N–H and O–H groups in total. The molecule has 19 heavy (non-hydrogen) atoms. The second kappa shape index (κ2) is 6.04. The maximum atomic E-state index is 13.9. The van der Waals surface area contributed by atoms with Crippen molar-refractivity contribution < 1.29 is 13.9 Å². The first-order valence-corrected chi connectivity index (χ1v) is 5.80. The van der Waals surface area contributed by atoms with E-state index in [4.69, 9.17) is 9.47 Å². The number of halogens is 1. The van der Waals surface area contributed by atoms with Crippen LogP contribution in [0.4, 0.5) is 10.1 Å². The molecule has 0 atom stereocenters. The van der Waals surface area contributed by atoms with E-state index in [-0.39, 0.29) is 11.6 Å². The molecule has 0 fully saturated rings. The molecular weight excluding hydrogens is 247 g/mol. The van der Waals surface area contributed by atoms with Crippen LogP contribution in [0.15, 0.2) is 36.5 Å². The summed E-state index contributed by atoms with van der Waals surface area (Å²) in [7, 11) is 3.00. The van der Waals surface area contributed by atoms with Crippen LogP contribution in [-0.2, 0) is 6.54 Å². The van der Waals surface area contributed by atoms with Gasteiger partial charge in [0.25, 0.3) is 0 Å². The number of nitrogens with one attached hydrogen (secondary N) is 1. The van der Waals surface area contributed by atoms with Crippen molar-refractivity contribution in [2.24, 2.45) is 0 Å². The minimum absolute atomic E-state index is 0.243. The summed E-state index contributed by atoms with van der Waals surface area (Å²) in [6, 6.07) is 8.62. The van der Waals surface area contributed by atoms with E-state index < -0.39 is 0 Å². The number of benzene rings is 1. The predicted octanol–water partition coefficient (Wildman–Crippen LogP) is 2.85. The van der Waals surface area contributed by atoms with Crippen molar-refractivity contribution in [1.82, 2.24) is 4.98 Å². The van der Waals surface area contributed by atoms with Gasteiger partial charge < -0.3 is 14.8 Å². The summed E-state index contributed by atoms with van der Waals surface area (Å²) in [5.74, 6) is 0.434. The molecule has 0 aliphatic heterocycles. The number of pyridine rings is 1. The zero-order chi connectivity index (χ0) is 13.7. The molecule has 0 bridgehead atoms. The van der Waals surface area contributed by atoms with Gasteiger partial charge >= 0.3 is 0 Å². The van der Waals surface area contributed by atoms with Crippen LogP contribution in [0.2, 0.25) is 0 Å². The van der Waals surface area contributed by atoms with Gasteiger partial charge in [0.2, 0.25) is 5.88 Å². The van der Waals surface area contributed by atoms with Gasteiger partial charge in [0.05, 0.1) is 26.1 Å². The molecule has 1 aromatic carbocycles. The van der Waals surface area contributed by atoms with Gasteiger partial charge in [0.15, 0.2) is 11.6 Å². The predicted molar refractivity (Wildman–Crippen MR) is 71.1 cm³/mol. The van der Waals surface area contributed by atoms with E-state index in [0.29, 0.717) is 18.0 Å². The fraction of sp³-hybridized carbons (Fsp3) is 0.214. The van der Waals surface area contributed by atoms with Crippen molar-refractivity contribution >= 4 is 5.69 Å². The molecule has 2 rings (SSSR count). The van der Waals surface area contributed by atoms with Crippen molar-refractivity contribution in [3.8, 4) is 11.6 Å². The summed E-state index contributed by atoms with van der Waals surface area (Å²) in [6.07, 6.45) is 1.64. The van der Waals surface area contributed by atoms with Crippen LogP contribution in [0.5, 0.6) is 11.6 Å². The van der Waals surface area contributed by atoms with Gasteiger partial charge in [-0.05, 0) is 12.1 Å². The van der Waals surface area contributed by atoms with Gasteiger partial charge in [0.1, 0.15) is 0 Å². The van der Waals surface area contributed by atoms with E-state index in [0.717, 1.165) is 5.69 Å². The third-order valence-electron chi connectivity index (χ3n) is 2.69. The van der Waals surface area contributed by atoms with E-state index in [1.807, 2.05) is 6.07 Å². The Morgan fingerprint density at radius 1 is 1.16 bits per heavy atom. The van der Waals surface area contributed by atoms with Crippen molar-refractivity contribution in [2.45, 2.75) is 6.54 Å². The Labute approximate surface area is 111 Å². The quantitative estimate of drug-likeness (QED) is 0.899. The van der Waals surface area contributed by atoms with Crippen molar-refractivity contribution in [1.29, 1.82) is 0 Å². The number of rotatable bonds is 5. The highest BCUT2D eigenvalue weighted by molar-refractivity contribution is 5.43. The Bertz CT molecular complexity index is 544. The SMILES string of the molecule is COc1ccc(NCc2cccc(OC)c2F)cn1. The smallest absolute Gasteiger partial charge is 0.213 e. The number of ether oxygens (including phenoxy) is 2. The minimum Gasteiger partial charge on any atom is -0.494 e. The van der Waals surface area contributed by atoms with Gasteiger partial charge in [-0.15, -0.1) is 0 Å². The Hall–Kier alpha value is -2.30. The van der Waals surface area contributed by atoms with Gasteiger partial charge in [0, 0.05) is 18.2 Å². The average Bonchev–Trinajstić information content (AvgIpc) is 2.47. The van der Waals surface area contributed by atoms with Crippen LogP contribution in [-0.4, -0.2) is 19.2 Å². The van der Waals surface area contributed by atoms with E-state index in [9.17, 15) is 4.39 Å². The zero-order valence-electron chi connectivity index (χ0n) is 10.8. The fourth-order valence-electron chi connectivity index (χ4n) is 1.65. The molecule has 1 aromatic heterocycles. The lowest BCUT2D eigenvalue weighted by atomic mass is 10.2. The summed E-state index contributed by atoms with van der Waals surface area (Å²) < 4.78 is 23.8. The van der Waals surface area contributed by atoms with Crippen LogP contribution >= 0.6 is 0 Å². The van der Waals surface area contributed by atoms with E-state index in [1.54, 1.807) is 37.6 Å². The van der Waals surface area contributed by atoms with E-state index in [2.05, 4.69) is 10.3 Å². The monoisotopic (exact) mass is 262 g/mol. The third-order valence-corrected chi connectivity index (χ3v) is 2.69. The Morgan fingerprint density at radius 3 is 2.63 bits per heavy atom.